The van der Waals surface area contributed by atoms with E-state index >= 15 is 0 Å². The zero-order chi connectivity index (χ0) is 27.1. The molecule has 0 saturated carbocycles. The van der Waals surface area contributed by atoms with Crippen molar-refractivity contribution in [2.24, 2.45) is 5.41 Å². The average Bonchev–Trinajstić information content (AvgIpc) is 3.37. The standard InChI is InChI=1S/C28H40N6O4/c1-6-12-38-13-11-34-23-14-21(20-7-8-24(37-5)29-15-20)16-30-25(23)32-26(27(34)35)31-18-28(2,3)19-33-10-9-22(17-33)36-4/h7-8,14-16,22H,6,9-13,17-19H2,1-5H3,(H,30,31,32). The van der Waals surface area contributed by atoms with E-state index in [9.17, 15) is 4.79 Å². The van der Waals surface area contributed by atoms with Gasteiger partial charge in [-0.1, -0.05) is 20.8 Å². The van der Waals surface area contributed by atoms with E-state index in [1.807, 2.05) is 12.1 Å². The Kier molecular flexibility index (Phi) is 9.30. The molecule has 3 aromatic rings. The number of ether oxygens (including phenoxy) is 3. The fourth-order valence-corrected chi connectivity index (χ4v) is 4.81. The van der Waals surface area contributed by atoms with Crippen LogP contribution in [0.15, 0.2) is 35.4 Å². The maximum absolute atomic E-state index is 13.6. The van der Waals surface area contributed by atoms with Gasteiger partial charge in [-0.15, -0.1) is 0 Å². The Morgan fingerprint density at radius 1 is 1.13 bits per heavy atom. The number of pyridine rings is 2. The minimum atomic E-state index is -0.180. The number of methoxy groups -OCH3 is 2. The third-order valence-corrected chi connectivity index (χ3v) is 6.84. The quantitative estimate of drug-likeness (QED) is 0.337. The molecule has 4 heterocycles. The molecular weight excluding hydrogens is 484 g/mol. The van der Waals surface area contributed by atoms with Gasteiger partial charge in [0.25, 0.3) is 5.56 Å². The predicted octanol–water partition coefficient (Wildman–Crippen LogP) is 3.45. The first-order chi connectivity index (χ1) is 18.3. The Balaban J connectivity index is 1.59. The summed E-state index contributed by atoms with van der Waals surface area (Å²) in [6, 6.07) is 5.66. The lowest BCUT2D eigenvalue weighted by molar-refractivity contribution is 0.102. The Labute approximate surface area is 224 Å². The van der Waals surface area contributed by atoms with Crippen LogP contribution in [0.1, 0.15) is 33.6 Å². The largest absolute Gasteiger partial charge is 0.481 e. The Bertz CT molecular complexity index is 1260. The molecule has 0 aliphatic carbocycles. The maximum atomic E-state index is 13.6. The number of nitrogens with zero attached hydrogens (tertiary/aromatic N) is 5. The third-order valence-electron chi connectivity index (χ3n) is 6.84. The molecule has 1 saturated heterocycles. The van der Waals surface area contributed by atoms with E-state index in [0.29, 0.717) is 55.3 Å². The van der Waals surface area contributed by atoms with Gasteiger partial charge in [0.15, 0.2) is 11.5 Å². The van der Waals surface area contributed by atoms with Crippen molar-refractivity contribution in [1.29, 1.82) is 0 Å². The summed E-state index contributed by atoms with van der Waals surface area (Å²) in [7, 11) is 3.36. The zero-order valence-corrected chi connectivity index (χ0v) is 23.2. The lowest BCUT2D eigenvalue weighted by Gasteiger charge is -2.30. The number of likely N-dealkylation sites (tertiary alicyclic amines) is 1. The van der Waals surface area contributed by atoms with Gasteiger partial charge in [-0.3, -0.25) is 9.36 Å². The average molecular weight is 525 g/mol. The van der Waals surface area contributed by atoms with Crippen LogP contribution in [0.4, 0.5) is 5.82 Å². The number of hydrogen-bond acceptors (Lipinski definition) is 9. The molecule has 1 fully saturated rings. The van der Waals surface area contributed by atoms with E-state index < -0.39 is 0 Å². The monoisotopic (exact) mass is 524 g/mol. The molecule has 0 radical (unpaired) electrons. The summed E-state index contributed by atoms with van der Waals surface area (Å²) in [6.45, 7) is 11.4. The lowest BCUT2D eigenvalue weighted by Crippen LogP contribution is -2.39. The van der Waals surface area contributed by atoms with Crippen molar-refractivity contribution >= 4 is 17.0 Å². The Morgan fingerprint density at radius 3 is 2.63 bits per heavy atom. The van der Waals surface area contributed by atoms with E-state index in [2.05, 4.69) is 45.9 Å². The summed E-state index contributed by atoms with van der Waals surface area (Å²) in [4.78, 5) is 29.6. The summed E-state index contributed by atoms with van der Waals surface area (Å²) in [5.41, 5.74) is 2.64. The molecule has 0 amide bonds. The maximum Gasteiger partial charge on any atom is 0.293 e. The molecule has 1 unspecified atom stereocenters. The molecule has 206 valence electrons. The van der Waals surface area contributed by atoms with Gasteiger partial charge in [0.2, 0.25) is 5.88 Å². The smallest absolute Gasteiger partial charge is 0.293 e. The fourth-order valence-electron chi connectivity index (χ4n) is 4.81. The van der Waals surface area contributed by atoms with Crippen LogP contribution in [0.3, 0.4) is 0 Å². The van der Waals surface area contributed by atoms with Crippen LogP contribution in [0, 0.1) is 5.41 Å². The van der Waals surface area contributed by atoms with Gasteiger partial charge in [0.05, 0.1) is 25.3 Å². The fraction of sp³-hybridized carbons (Fsp3) is 0.571. The van der Waals surface area contributed by atoms with Gasteiger partial charge in [0, 0.05) is 76.0 Å². The number of fused-ring (bicyclic) bond motifs is 1. The highest BCUT2D eigenvalue weighted by molar-refractivity contribution is 5.78. The van der Waals surface area contributed by atoms with Crippen molar-refractivity contribution in [2.75, 3.05) is 58.9 Å². The minimum absolute atomic E-state index is 0.0700. The molecule has 10 heteroatoms. The first-order valence-corrected chi connectivity index (χ1v) is 13.3. The van der Waals surface area contributed by atoms with Crippen LogP contribution in [-0.2, 0) is 16.0 Å². The molecule has 4 rings (SSSR count). The highest BCUT2D eigenvalue weighted by Gasteiger charge is 2.28. The van der Waals surface area contributed by atoms with E-state index in [0.717, 1.165) is 43.6 Å². The summed E-state index contributed by atoms with van der Waals surface area (Å²) in [6.07, 6.45) is 5.76. The second-order valence-electron chi connectivity index (χ2n) is 10.6. The Hall–Kier alpha value is -3.08. The molecule has 0 aromatic carbocycles. The van der Waals surface area contributed by atoms with Crippen LogP contribution < -0.4 is 15.6 Å². The zero-order valence-electron chi connectivity index (χ0n) is 23.2. The second-order valence-corrected chi connectivity index (χ2v) is 10.6. The van der Waals surface area contributed by atoms with Gasteiger partial charge in [-0.2, -0.15) is 0 Å². The summed E-state index contributed by atoms with van der Waals surface area (Å²) in [5, 5.41) is 3.34. The summed E-state index contributed by atoms with van der Waals surface area (Å²) in [5.74, 6) is 0.847. The normalized spacial score (nSPS) is 16.3. The molecule has 1 N–H and O–H groups in total. The van der Waals surface area contributed by atoms with Crippen LogP contribution in [0.25, 0.3) is 22.3 Å². The van der Waals surface area contributed by atoms with Crippen molar-refractivity contribution in [2.45, 2.75) is 46.3 Å². The molecule has 1 atom stereocenters. The molecule has 0 spiro atoms. The summed E-state index contributed by atoms with van der Waals surface area (Å²) >= 11 is 0. The first kappa shape index (κ1) is 27.9. The number of nitrogens with one attached hydrogen (secondary N) is 1. The van der Waals surface area contributed by atoms with Gasteiger partial charge in [-0.05, 0) is 30.4 Å². The SMILES string of the molecule is CCCOCCn1c(=O)c(NCC(C)(C)CN2CCC(OC)C2)nc2ncc(-c3ccc(OC)nc3)cc21. The third kappa shape index (κ3) is 6.86. The Morgan fingerprint density at radius 2 is 1.95 bits per heavy atom. The van der Waals surface area contributed by atoms with Gasteiger partial charge in [0.1, 0.15) is 0 Å². The van der Waals surface area contributed by atoms with Crippen molar-refractivity contribution in [3.05, 3.63) is 40.9 Å². The van der Waals surface area contributed by atoms with Crippen molar-refractivity contribution in [3.8, 4) is 17.0 Å². The van der Waals surface area contributed by atoms with Crippen LogP contribution in [0.5, 0.6) is 5.88 Å². The molecule has 1 aliphatic heterocycles. The molecular formula is C28H40N6O4. The van der Waals surface area contributed by atoms with Crippen LogP contribution in [-0.4, -0.2) is 84.1 Å². The second kappa shape index (κ2) is 12.6. The number of aromatic nitrogens is 4. The minimum Gasteiger partial charge on any atom is -0.481 e. The summed E-state index contributed by atoms with van der Waals surface area (Å²) < 4.78 is 18.1. The highest BCUT2D eigenvalue weighted by Crippen LogP contribution is 2.24. The van der Waals surface area contributed by atoms with Crippen molar-refractivity contribution in [3.63, 3.8) is 0 Å². The highest BCUT2D eigenvalue weighted by atomic mass is 16.5. The molecule has 10 nitrogen and oxygen atoms in total. The number of anilines is 1. The first-order valence-electron chi connectivity index (χ1n) is 13.3. The number of rotatable bonds is 13. The lowest BCUT2D eigenvalue weighted by atomic mass is 9.93. The van der Waals surface area contributed by atoms with E-state index in [4.69, 9.17) is 14.2 Å². The number of hydrogen-bond donors (Lipinski definition) is 1. The van der Waals surface area contributed by atoms with Gasteiger partial charge >= 0.3 is 0 Å². The molecule has 0 bridgehead atoms. The van der Waals surface area contributed by atoms with Crippen molar-refractivity contribution < 1.29 is 14.2 Å². The van der Waals surface area contributed by atoms with E-state index in [1.54, 1.807) is 37.2 Å². The molecule has 1 aliphatic rings. The van der Waals surface area contributed by atoms with Crippen LogP contribution >= 0.6 is 0 Å². The van der Waals surface area contributed by atoms with Crippen molar-refractivity contribution in [1.82, 2.24) is 24.4 Å². The van der Waals surface area contributed by atoms with Gasteiger partial charge < -0.3 is 24.4 Å². The molecule has 3 aromatic heterocycles. The van der Waals surface area contributed by atoms with Crippen LogP contribution in [0.2, 0.25) is 0 Å². The van der Waals surface area contributed by atoms with E-state index in [-0.39, 0.29) is 11.0 Å². The molecule has 38 heavy (non-hydrogen) atoms. The predicted molar refractivity (Wildman–Crippen MR) is 149 cm³/mol. The van der Waals surface area contributed by atoms with Gasteiger partial charge in [-0.25, -0.2) is 15.0 Å². The van der Waals surface area contributed by atoms with E-state index in [1.165, 1.54) is 0 Å². The topological polar surface area (TPSA) is 104 Å².